The van der Waals surface area contributed by atoms with Crippen molar-refractivity contribution in [2.75, 3.05) is 20.2 Å². The van der Waals surface area contributed by atoms with Crippen LogP contribution in [0.25, 0.3) is 0 Å². The molecule has 0 aliphatic carbocycles. The lowest BCUT2D eigenvalue weighted by atomic mass is 10.1. The van der Waals surface area contributed by atoms with Crippen molar-refractivity contribution < 1.29 is 14.6 Å². The van der Waals surface area contributed by atoms with Gasteiger partial charge < -0.3 is 14.7 Å². The third-order valence-electron chi connectivity index (χ3n) is 2.96. The smallest absolute Gasteiger partial charge is 0.253 e. The maximum atomic E-state index is 12.0. The first-order chi connectivity index (χ1) is 8.20. The Morgan fingerprint density at radius 1 is 1.47 bits per heavy atom. The van der Waals surface area contributed by atoms with Crippen LogP contribution in [0.2, 0.25) is 0 Å². The zero-order chi connectivity index (χ0) is 12.3. The van der Waals surface area contributed by atoms with Crippen LogP contribution in [-0.2, 0) is 11.3 Å². The van der Waals surface area contributed by atoms with Crippen LogP contribution in [0.4, 0.5) is 0 Å². The highest BCUT2D eigenvalue weighted by Gasteiger charge is 2.25. The number of aliphatic hydroxyl groups is 1. The minimum absolute atomic E-state index is 0.00878. The predicted molar refractivity (Wildman–Crippen MR) is 63.7 cm³/mol. The molecule has 1 aromatic rings. The Morgan fingerprint density at radius 3 is 2.71 bits per heavy atom. The van der Waals surface area contributed by atoms with Crippen LogP contribution in [0.15, 0.2) is 24.3 Å². The van der Waals surface area contributed by atoms with Gasteiger partial charge in [0.15, 0.2) is 0 Å². The molecule has 1 amide bonds. The third-order valence-corrected chi connectivity index (χ3v) is 2.96. The number of methoxy groups -OCH3 is 1. The predicted octanol–water partition coefficient (Wildman–Crippen LogP) is 1.04. The fourth-order valence-corrected chi connectivity index (χ4v) is 2.02. The fourth-order valence-electron chi connectivity index (χ4n) is 2.02. The number of rotatable bonds is 3. The molecule has 0 saturated carbocycles. The summed E-state index contributed by atoms with van der Waals surface area (Å²) in [6.07, 6.45) is 0.305. The van der Waals surface area contributed by atoms with E-state index in [4.69, 9.17) is 4.74 Å². The average molecular weight is 235 g/mol. The number of carbonyl (C=O) groups is 1. The zero-order valence-corrected chi connectivity index (χ0v) is 9.93. The van der Waals surface area contributed by atoms with Gasteiger partial charge in [0.2, 0.25) is 0 Å². The van der Waals surface area contributed by atoms with Gasteiger partial charge in [0.1, 0.15) is 0 Å². The van der Waals surface area contributed by atoms with Gasteiger partial charge in [-0.3, -0.25) is 4.79 Å². The van der Waals surface area contributed by atoms with E-state index >= 15 is 0 Å². The van der Waals surface area contributed by atoms with Crippen molar-refractivity contribution in [1.29, 1.82) is 0 Å². The number of amides is 1. The molecule has 0 radical (unpaired) electrons. The Kier molecular flexibility index (Phi) is 3.76. The summed E-state index contributed by atoms with van der Waals surface area (Å²) in [5.74, 6) is -0.00878. The first kappa shape index (κ1) is 12.1. The second-order valence-electron chi connectivity index (χ2n) is 4.32. The number of likely N-dealkylation sites (tertiary alicyclic amines) is 1. The van der Waals surface area contributed by atoms with E-state index in [0.717, 1.165) is 5.56 Å². The number of ether oxygens (including phenoxy) is 1. The van der Waals surface area contributed by atoms with Gasteiger partial charge in [-0.2, -0.15) is 0 Å². The molecule has 1 saturated heterocycles. The van der Waals surface area contributed by atoms with E-state index in [1.54, 1.807) is 24.1 Å². The molecule has 1 heterocycles. The number of benzene rings is 1. The average Bonchev–Trinajstić information content (AvgIpc) is 2.76. The molecule has 1 aromatic carbocycles. The van der Waals surface area contributed by atoms with Gasteiger partial charge >= 0.3 is 0 Å². The number of aliphatic hydroxyl groups excluding tert-OH is 1. The molecule has 1 atom stereocenters. The van der Waals surface area contributed by atoms with E-state index in [2.05, 4.69) is 0 Å². The molecular weight excluding hydrogens is 218 g/mol. The van der Waals surface area contributed by atoms with Crippen LogP contribution >= 0.6 is 0 Å². The Hall–Kier alpha value is -1.39. The lowest BCUT2D eigenvalue weighted by Crippen LogP contribution is -2.29. The molecule has 0 aromatic heterocycles. The molecule has 1 aliphatic rings. The van der Waals surface area contributed by atoms with Crippen LogP contribution in [-0.4, -0.2) is 42.2 Å². The first-order valence-electron chi connectivity index (χ1n) is 5.76. The van der Waals surface area contributed by atoms with Crippen LogP contribution in [0.1, 0.15) is 22.3 Å². The first-order valence-corrected chi connectivity index (χ1v) is 5.76. The molecule has 1 fully saturated rings. The van der Waals surface area contributed by atoms with Gasteiger partial charge in [-0.25, -0.2) is 0 Å². The summed E-state index contributed by atoms with van der Waals surface area (Å²) < 4.78 is 5.01. The van der Waals surface area contributed by atoms with E-state index < -0.39 is 0 Å². The quantitative estimate of drug-likeness (QED) is 0.851. The van der Waals surface area contributed by atoms with Crippen molar-refractivity contribution in [1.82, 2.24) is 4.90 Å². The van der Waals surface area contributed by atoms with Crippen LogP contribution in [0.3, 0.4) is 0 Å². The monoisotopic (exact) mass is 235 g/mol. The Bertz CT molecular complexity index is 388. The van der Waals surface area contributed by atoms with Gasteiger partial charge in [0.05, 0.1) is 12.7 Å². The Morgan fingerprint density at radius 2 is 2.18 bits per heavy atom. The summed E-state index contributed by atoms with van der Waals surface area (Å²) in [6, 6.07) is 7.40. The van der Waals surface area contributed by atoms with Gasteiger partial charge in [-0.05, 0) is 24.1 Å². The topological polar surface area (TPSA) is 49.8 Å². The number of carbonyl (C=O) groups excluding carboxylic acids is 1. The highest BCUT2D eigenvalue weighted by Crippen LogP contribution is 2.14. The highest BCUT2D eigenvalue weighted by atomic mass is 16.5. The van der Waals surface area contributed by atoms with E-state index in [1.165, 1.54) is 0 Å². The summed E-state index contributed by atoms with van der Waals surface area (Å²) in [6.45, 7) is 1.63. The summed E-state index contributed by atoms with van der Waals surface area (Å²) in [5, 5.41) is 9.40. The minimum Gasteiger partial charge on any atom is -0.391 e. The lowest BCUT2D eigenvalue weighted by molar-refractivity contribution is 0.0765. The molecule has 2 rings (SSSR count). The normalized spacial score (nSPS) is 19.6. The maximum Gasteiger partial charge on any atom is 0.253 e. The van der Waals surface area contributed by atoms with Gasteiger partial charge in [0, 0.05) is 25.8 Å². The summed E-state index contributed by atoms with van der Waals surface area (Å²) in [4.78, 5) is 13.7. The van der Waals surface area contributed by atoms with E-state index in [9.17, 15) is 9.90 Å². The van der Waals surface area contributed by atoms with Gasteiger partial charge in [-0.15, -0.1) is 0 Å². The van der Waals surface area contributed by atoms with E-state index in [-0.39, 0.29) is 12.0 Å². The van der Waals surface area contributed by atoms with Crippen molar-refractivity contribution in [2.45, 2.75) is 19.1 Å². The summed E-state index contributed by atoms with van der Waals surface area (Å²) >= 11 is 0. The number of β-amino-alcohol motifs (C(OH)–C–C–N with tert-alkyl or cyclic N) is 1. The highest BCUT2D eigenvalue weighted by molar-refractivity contribution is 5.94. The standard InChI is InChI=1S/C13H17NO3/c1-17-9-10-2-4-11(5-3-10)13(16)14-7-6-12(15)8-14/h2-5,12,15H,6-9H2,1H3/t12-/m1/s1. The van der Waals surface area contributed by atoms with Crippen molar-refractivity contribution in [3.05, 3.63) is 35.4 Å². The maximum absolute atomic E-state index is 12.0. The zero-order valence-electron chi connectivity index (χ0n) is 9.93. The van der Waals surface area contributed by atoms with Crippen molar-refractivity contribution in [2.24, 2.45) is 0 Å². The van der Waals surface area contributed by atoms with Crippen molar-refractivity contribution in [3.8, 4) is 0 Å². The van der Waals surface area contributed by atoms with Crippen molar-refractivity contribution in [3.63, 3.8) is 0 Å². The molecule has 1 N–H and O–H groups in total. The molecule has 0 bridgehead atoms. The SMILES string of the molecule is COCc1ccc(C(=O)N2CC[C@@H](O)C2)cc1. The molecule has 0 unspecified atom stereocenters. The fraction of sp³-hybridized carbons (Fsp3) is 0.462. The minimum atomic E-state index is -0.369. The van der Waals surface area contributed by atoms with E-state index in [0.29, 0.717) is 31.7 Å². The summed E-state index contributed by atoms with van der Waals surface area (Å²) in [5.41, 5.74) is 1.71. The second kappa shape index (κ2) is 5.29. The third kappa shape index (κ3) is 2.84. The van der Waals surface area contributed by atoms with Crippen molar-refractivity contribution >= 4 is 5.91 Å². The Labute approximate surface area is 101 Å². The molecular formula is C13H17NO3. The molecule has 92 valence electrons. The number of hydrogen-bond donors (Lipinski definition) is 1. The summed E-state index contributed by atoms with van der Waals surface area (Å²) in [7, 11) is 1.64. The largest absolute Gasteiger partial charge is 0.391 e. The second-order valence-corrected chi connectivity index (χ2v) is 4.32. The molecule has 0 spiro atoms. The van der Waals surface area contributed by atoms with Crippen LogP contribution in [0.5, 0.6) is 0 Å². The lowest BCUT2D eigenvalue weighted by Gasteiger charge is -2.15. The van der Waals surface area contributed by atoms with E-state index in [1.807, 2.05) is 12.1 Å². The van der Waals surface area contributed by atoms with Gasteiger partial charge in [-0.1, -0.05) is 12.1 Å². The van der Waals surface area contributed by atoms with Crippen LogP contribution < -0.4 is 0 Å². The number of hydrogen-bond acceptors (Lipinski definition) is 3. The Balaban J connectivity index is 2.04. The van der Waals surface area contributed by atoms with Crippen LogP contribution in [0, 0.1) is 0 Å². The molecule has 4 nitrogen and oxygen atoms in total. The van der Waals surface area contributed by atoms with Gasteiger partial charge in [0.25, 0.3) is 5.91 Å². The number of nitrogens with zero attached hydrogens (tertiary/aromatic N) is 1. The molecule has 17 heavy (non-hydrogen) atoms. The molecule has 1 aliphatic heterocycles. The molecule has 4 heteroatoms.